The number of hydrogen-bond donors (Lipinski definition) is 1. The molecule has 2 aromatic rings. The quantitative estimate of drug-likeness (QED) is 0.842. The van der Waals surface area contributed by atoms with Crippen molar-refractivity contribution < 1.29 is 9.90 Å². The Bertz CT molecular complexity index is 519. The van der Waals surface area contributed by atoms with Crippen LogP contribution in [0.2, 0.25) is 0 Å². The number of carboxylic acids is 1. The molecule has 0 aliphatic carbocycles. The van der Waals surface area contributed by atoms with Crippen LogP contribution in [-0.2, 0) is 6.54 Å². The third kappa shape index (κ3) is 2.25. The number of rotatable bonds is 3. The molecule has 0 aliphatic heterocycles. The molecule has 1 aromatic carbocycles. The summed E-state index contributed by atoms with van der Waals surface area (Å²) in [5, 5.41) is 12.5. The normalized spacial score (nSPS) is 10.3. The first-order valence-corrected chi connectivity index (χ1v) is 4.83. The van der Waals surface area contributed by atoms with Gasteiger partial charge in [-0.05, 0) is 12.5 Å². The molecule has 0 unspecified atom stereocenters. The summed E-state index contributed by atoms with van der Waals surface area (Å²) in [6, 6.07) is 7.96. The zero-order chi connectivity index (χ0) is 11.5. The fourth-order valence-corrected chi connectivity index (χ4v) is 1.47. The van der Waals surface area contributed by atoms with E-state index in [1.807, 2.05) is 31.2 Å². The van der Waals surface area contributed by atoms with Gasteiger partial charge in [0.2, 0.25) is 0 Å². The maximum Gasteiger partial charge on any atom is 0.375 e. The van der Waals surface area contributed by atoms with Gasteiger partial charge in [-0.25, -0.2) is 14.5 Å². The Morgan fingerprint density at radius 2 is 2.31 bits per heavy atom. The fraction of sp³-hybridized carbons (Fsp3) is 0.182. The molecule has 5 nitrogen and oxygen atoms in total. The van der Waals surface area contributed by atoms with Crippen LogP contribution in [0.1, 0.15) is 21.7 Å². The lowest BCUT2D eigenvalue weighted by molar-refractivity contribution is 0.0683. The second kappa shape index (κ2) is 4.14. The Hall–Kier alpha value is -2.17. The molecule has 0 fully saturated rings. The molecular weight excluding hydrogens is 206 g/mol. The van der Waals surface area contributed by atoms with E-state index >= 15 is 0 Å². The van der Waals surface area contributed by atoms with Crippen LogP contribution in [0.5, 0.6) is 0 Å². The summed E-state index contributed by atoms with van der Waals surface area (Å²) in [5.41, 5.74) is 2.23. The standard InChI is InChI=1S/C11H11N3O2/c1-8-3-2-4-9(5-8)6-14-7-12-10(13-14)11(15)16/h2-5,7H,6H2,1H3,(H,15,16). The molecule has 16 heavy (non-hydrogen) atoms. The zero-order valence-electron chi connectivity index (χ0n) is 8.79. The van der Waals surface area contributed by atoms with E-state index in [1.165, 1.54) is 11.0 Å². The van der Waals surface area contributed by atoms with E-state index in [1.54, 1.807) is 0 Å². The van der Waals surface area contributed by atoms with Crippen molar-refractivity contribution in [2.45, 2.75) is 13.5 Å². The predicted molar refractivity (Wildman–Crippen MR) is 57.3 cm³/mol. The number of aryl methyl sites for hydroxylation is 1. The van der Waals surface area contributed by atoms with Gasteiger partial charge >= 0.3 is 5.97 Å². The number of carbonyl (C=O) groups is 1. The van der Waals surface area contributed by atoms with Crippen molar-refractivity contribution in [1.29, 1.82) is 0 Å². The largest absolute Gasteiger partial charge is 0.475 e. The van der Waals surface area contributed by atoms with Crippen LogP contribution in [-0.4, -0.2) is 25.8 Å². The van der Waals surface area contributed by atoms with Gasteiger partial charge in [0, 0.05) is 0 Å². The molecule has 0 spiro atoms. The molecule has 0 saturated carbocycles. The zero-order valence-corrected chi connectivity index (χ0v) is 8.79. The summed E-state index contributed by atoms with van der Waals surface area (Å²) in [5.74, 6) is -1.28. The molecule has 0 saturated heterocycles. The van der Waals surface area contributed by atoms with E-state index in [4.69, 9.17) is 5.11 Å². The van der Waals surface area contributed by atoms with Crippen molar-refractivity contribution in [2.75, 3.05) is 0 Å². The molecule has 5 heteroatoms. The maximum atomic E-state index is 10.6. The van der Waals surface area contributed by atoms with Crippen LogP contribution in [0.15, 0.2) is 30.6 Å². The highest BCUT2D eigenvalue weighted by atomic mass is 16.4. The molecule has 82 valence electrons. The summed E-state index contributed by atoms with van der Waals surface area (Å²) in [7, 11) is 0. The predicted octanol–water partition coefficient (Wildman–Crippen LogP) is 1.33. The smallest absolute Gasteiger partial charge is 0.375 e. The van der Waals surface area contributed by atoms with Crippen LogP contribution in [0.25, 0.3) is 0 Å². The summed E-state index contributed by atoms with van der Waals surface area (Å²) in [6.07, 6.45) is 1.42. The van der Waals surface area contributed by atoms with Gasteiger partial charge in [0.15, 0.2) is 0 Å². The Kier molecular flexibility index (Phi) is 2.68. The number of benzene rings is 1. The van der Waals surface area contributed by atoms with E-state index in [9.17, 15) is 4.79 Å². The highest BCUT2D eigenvalue weighted by Gasteiger charge is 2.08. The van der Waals surface area contributed by atoms with E-state index in [0.717, 1.165) is 11.1 Å². The minimum absolute atomic E-state index is 0.173. The highest BCUT2D eigenvalue weighted by Crippen LogP contribution is 2.05. The lowest BCUT2D eigenvalue weighted by atomic mass is 10.1. The third-order valence-corrected chi connectivity index (χ3v) is 2.15. The van der Waals surface area contributed by atoms with Gasteiger partial charge in [-0.15, -0.1) is 5.10 Å². The first-order chi connectivity index (χ1) is 7.65. The maximum absolute atomic E-state index is 10.6. The first-order valence-electron chi connectivity index (χ1n) is 4.83. The number of carboxylic acid groups (broad SMARTS) is 1. The highest BCUT2D eigenvalue weighted by molar-refractivity contribution is 5.82. The lowest BCUT2D eigenvalue weighted by Gasteiger charge is -2.01. The molecule has 0 radical (unpaired) electrons. The topological polar surface area (TPSA) is 68.0 Å². The number of aromatic carboxylic acids is 1. The summed E-state index contributed by atoms with van der Waals surface area (Å²) < 4.78 is 1.51. The van der Waals surface area contributed by atoms with Crippen molar-refractivity contribution in [1.82, 2.24) is 14.8 Å². The van der Waals surface area contributed by atoms with Gasteiger partial charge in [-0.1, -0.05) is 29.8 Å². The molecule has 0 aliphatic rings. The first kappa shape index (κ1) is 10.4. The molecule has 1 aromatic heterocycles. The second-order valence-corrected chi connectivity index (χ2v) is 3.56. The van der Waals surface area contributed by atoms with E-state index in [0.29, 0.717) is 6.54 Å². The van der Waals surface area contributed by atoms with Crippen molar-refractivity contribution >= 4 is 5.97 Å². The molecular formula is C11H11N3O2. The summed E-state index contributed by atoms with van der Waals surface area (Å²) in [6.45, 7) is 2.54. The molecule has 0 atom stereocenters. The lowest BCUT2D eigenvalue weighted by Crippen LogP contribution is -2.04. The van der Waals surface area contributed by atoms with E-state index < -0.39 is 5.97 Å². The van der Waals surface area contributed by atoms with Crippen LogP contribution in [0, 0.1) is 6.92 Å². The van der Waals surface area contributed by atoms with Crippen molar-refractivity contribution in [3.63, 3.8) is 0 Å². The van der Waals surface area contributed by atoms with Gasteiger partial charge in [0.25, 0.3) is 5.82 Å². The Balaban J connectivity index is 2.17. The van der Waals surface area contributed by atoms with E-state index in [-0.39, 0.29) is 5.82 Å². The summed E-state index contributed by atoms with van der Waals surface area (Å²) in [4.78, 5) is 14.3. The molecule has 0 bridgehead atoms. The molecule has 0 amide bonds. The van der Waals surface area contributed by atoms with Gasteiger partial charge in [0.1, 0.15) is 6.33 Å². The van der Waals surface area contributed by atoms with Crippen LogP contribution in [0.4, 0.5) is 0 Å². The summed E-state index contributed by atoms with van der Waals surface area (Å²) >= 11 is 0. The monoisotopic (exact) mass is 217 g/mol. The van der Waals surface area contributed by atoms with Crippen LogP contribution < -0.4 is 0 Å². The molecule has 1 heterocycles. The SMILES string of the molecule is Cc1cccc(Cn2cnc(C(=O)O)n2)c1. The molecule has 1 N–H and O–H groups in total. The number of nitrogens with zero attached hydrogens (tertiary/aromatic N) is 3. The molecule has 2 rings (SSSR count). The minimum Gasteiger partial charge on any atom is -0.475 e. The Labute approximate surface area is 92.4 Å². The van der Waals surface area contributed by atoms with Gasteiger partial charge in [-0.3, -0.25) is 0 Å². The number of hydrogen-bond acceptors (Lipinski definition) is 3. The van der Waals surface area contributed by atoms with Gasteiger partial charge in [-0.2, -0.15) is 0 Å². The Morgan fingerprint density at radius 3 is 2.94 bits per heavy atom. The average Bonchev–Trinajstić information content (AvgIpc) is 2.66. The minimum atomic E-state index is -1.11. The third-order valence-electron chi connectivity index (χ3n) is 2.15. The van der Waals surface area contributed by atoms with Crippen LogP contribution >= 0.6 is 0 Å². The number of aromatic nitrogens is 3. The van der Waals surface area contributed by atoms with Gasteiger partial charge in [0.05, 0.1) is 6.54 Å². The second-order valence-electron chi connectivity index (χ2n) is 3.56. The van der Waals surface area contributed by atoms with Gasteiger partial charge < -0.3 is 5.11 Å². The van der Waals surface area contributed by atoms with Crippen molar-refractivity contribution in [3.8, 4) is 0 Å². The Morgan fingerprint density at radius 1 is 1.50 bits per heavy atom. The van der Waals surface area contributed by atoms with Crippen molar-refractivity contribution in [3.05, 3.63) is 47.5 Å². The fourth-order valence-electron chi connectivity index (χ4n) is 1.47. The van der Waals surface area contributed by atoms with Crippen molar-refractivity contribution in [2.24, 2.45) is 0 Å². The van der Waals surface area contributed by atoms with Crippen LogP contribution in [0.3, 0.4) is 0 Å². The average molecular weight is 217 g/mol. The van der Waals surface area contributed by atoms with E-state index in [2.05, 4.69) is 10.1 Å².